The van der Waals surface area contributed by atoms with E-state index in [-0.39, 0.29) is 5.82 Å². The lowest BCUT2D eigenvalue weighted by molar-refractivity contribution is 0.616. The summed E-state index contributed by atoms with van der Waals surface area (Å²) in [6.45, 7) is 1.91. The lowest BCUT2D eigenvalue weighted by Gasteiger charge is -2.05. The van der Waals surface area contributed by atoms with Crippen LogP contribution < -0.4 is 0 Å². The van der Waals surface area contributed by atoms with Gasteiger partial charge in [-0.2, -0.15) is 0 Å². The summed E-state index contributed by atoms with van der Waals surface area (Å²) in [4.78, 5) is 0. The first-order valence-electron chi connectivity index (χ1n) is 6.81. The van der Waals surface area contributed by atoms with Crippen LogP contribution >= 0.6 is 11.8 Å². The maximum atomic E-state index is 13.2. The minimum atomic E-state index is -0.224. The van der Waals surface area contributed by atoms with Gasteiger partial charge < -0.3 is 4.42 Å². The lowest BCUT2D eigenvalue weighted by Crippen LogP contribution is -1.99. The number of furan rings is 1. The number of aryl methyl sites for hydroxylation is 1. The number of fused-ring (bicyclic) bond motifs is 3. The van der Waals surface area contributed by atoms with Gasteiger partial charge in [-0.25, -0.2) is 4.39 Å². The Morgan fingerprint density at radius 2 is 2.09 bits per heavy atom. The highest BCUT2D eigenvalue weighted by atomic mass is 32.2. The second-order valence-electron chi connectivity index (χ2n) is 5.01. The maximum absolute atomic E-state index is 13.2. The van der Waals surface area contributed by atoms with Gasteiger partial charge in [-0.05, 0) is 24.6 Å². The number of hydrogen-bond acceptors (Lipinski definition) is 4. The monoisotopic (exact) mass is 313 g/mol. The van der Waals surface area contributed by atoms with E-state index < -0.39 is 0 Å². The number of rotatable bonds is 3. The highest BCUT2D eigenvalue weighted by Crippen LogP contribution is 2.30. The molecule has 3 heterocycles. The molecule has 0 N–H and O–H groups in total. The Morgan fingerprint density at radius 1 is 1.18 bits per heavy atom. The van der Waals surface area contributed by atoms with E-state index in [1.54, 1.807) is 12.3 Å². The molecule has 0 saturated heterocycles. The van der Waals surface area contributed by atoms with Crippen LogP contribution in [0, 0.1) is 12.7 Å². The number of hydrogen-bond donors (Lipinski definition) is 0. The molecule has 3 aromatic heterocycles. The van der Waals surface area contributed by atoms with Gasteiger partial charge in [-0.15, -0.1) is 10.2 Å². The van der Waals surface area contributed by atoms with Crippen LogP contribution in [-0.4, -0.2) is 14.6 Å². The van der Waals surface area contributed by atoms with E-state index in [1.807, 2.05) is 29.5 Å². The predicted molar refractivity (Wildman–Crippen MR) is 83.5 cm³/mol. The molecular formula is C16H12FN3OS. The van der Waals surface area contributed by atoms with Crippen LogP contribution in [0.2, 0.25) is 0 Å². The van der Waals surface area contributed by atoms with Crippen LogP contribution in [0.3, 0.4) is 0 Å². The second kappa shape index (κ2) is 5.14. The summed E-state index contributed by atoms with van der Waals surface area (Å²) in [5.74, 6) is 1.22. The van der Waals surface area contributed by atoms with E-state index in [2.05, 4.69) is 10.2 Å². The number of halogens is 1. The van der Waals surface area contributed by atoms with Gasteiger partial charge in [0.15, 0.2) is 5.58 Å². The zero-order valence-corrected chi connectivity index (χ0v) is 12.6. The first kappa shape index (κ1) is 13.3. The summed E-state index contributed by atoms with van der Waals surface area (Å²) in [5.41, 5.74) is 3.67. The first-order chi connectivity index (χ1) is 10.7. The lowest BCUT2D eigenvalue weighted by atomic mass is 10.2. The normalized spacial score (nSPS) is 11.5. The zero-order valence-electron chi connectivity index (χ0n) is 11.8. The van der Waals surface area contributed by atoms with Crippen LogP contribution in [0.15, 0.2) is 52.1 Å². The predicted octanol–water partition coefficient (Wildman–Crippen LogP) is 4.22. The highest BCUT2D eigenvalue weighted by molar-refractivity contribution is 7.98. The van der Waals surface area contributed by atoms with Crippen LogP contribution in [-0.2, 0) is 5.75 Å². The summed E-state index contributed by atoms with van der Waals surface area (Å²) >= 11 is 1.54. The Labute approximate surface area is 130 Å². The molecule has 0 atom stereocenters. The Hall–Kier alpha value is -2.34. The van der Waals surface area contributed by atoms with E-state index in [9.17, 15) is 4.39 Å². The molecule has 0 aliphatic carbocycles. The van der Waals surface area contributed by atoms with Gasteiger partial charge in [0.05, 0.1) is 17.3 Å². The second-order valence-corrected chi connectivity index (χ2v) is 5.97. The van der Waals surface area contributed by atoms with Crippen molar-refractivity contribution in [2.75, 3.05) is 0 Å². The SMILES string of the molecule is Cc1nnc(SCc2cccc(F)c2)c2cc3occc3n12. The molecule has 0 radical (unpaired) electrons. The summed E-state index contributed by atoms with van der Waals surface area (Å²) < 4.78 is 20.7. The molecule has 1 aromatic carbocycles. The summed E-state index contributed by atoms with van der Waals surface area (Å²) in [6, 6.07) is 10.5. The Morgan fingerprint density at radius 3 is 2.95 bits per heavy atom. The van der Waals surface area contributed by atoms with Gasteiger partial charge in [0, 0.05) is 17.9 Å². The van der Waals surface area contributed by atoms with E-state index in [0.29, 0.717) is 5.75 Å². The van der Waals surface area contributed by atoms with Crippen molar-refractivity contribution in [3.05, 3.63) is 59.9 Å². The molecule has 0 spiro atoms. The summed E-state index contributed by atoms with van der Waals surface area (Å²) in [6.07, 6.45) is 1.66. The number of aromatic nitrogens is 3. The molecule has 0 unspecified atom stereocenters. The van der Waals surface area contributed by atoms with Crippen LogP contribution in [0.1, 0.15) is 11.4 Å². The molecule has 0 fully saturated rings. The third kappa shape index (κ3) is 2.16. The molecule has 4 aromatic rings. The van der Waals surface area contributed by atoms with Crippen molar-refractivity contribution in [3.8, 4) is 0 Å². The average Bonchev–Trinajstić information content (AvgIpc) is 3.07. The van der Waals surface area contributed by atoms with Crippen LogP contribution in [0.25, 0.3) is 16.6 Å². The number of thioether (sulfide) groups is 1. The minimum Gasteiger partial charge on any atom is -0.463 e. The maximum Gasteiger partial charge on any atom is 0.152 e. The summed E-state index contributed by atoms with van der Waals surface area (Å²) in [7, 11) is 0. The molecule has 4 nitrogen and oxygen atoms in total. The third-order valence-corrected chi connectivity index (χ3v) is 4.56. The van der Waals surface area contributed by atoms with Gasteiger partial charge in [-0.3, -0.25) is 4.40 Å². The van der Waals surface area contributed by atoms with E-state index in [0.717, 1.165) is 33.0 Å². The van der Waals surface area contributed by atoms with Crippen molar-refractivity contribution >= 4 is 28.4 Å². The van der Waals surface area contributed by atoms with E-state index >= 15 is 0 Å². The molecule has 4 rings (SSSR count). The fourth-order valence-electron chi connectivity index (χ4n) is 2.53. The van der Waals surface area contributed by atoms with Crippen molar-refractivity contribution in [2.24, 2.45) is 0 Å². The van der Waals surface area contributed by atoms with Gasteiger partial charge >= 0.3 is 0 Å². The van der Waals surface area contributed by atoms with Crippen LogP contribution in [0.5, 0.6) is 0 Å². The van der Waals surface area contributed by atoms with Crippen molar-refractivity contribution in [2.45, 2.75) is 17.7 Å². The number of benzene rings is 1. The highest BCUT2D eigenvalue weighted by Gasteiger charge is 2.13. The Bertz CT molecular complexity index is 976. The quantitative estimate of drug-likeness (QED) is 0.531. The topological polar surface area (TPSA) is 43.3 Å². The van der Waals surface area contributed by atoms with Crippen LogP contribution in [0.4, 0.5) is 4.39 Å². The molecular weight excluding hydrogens is 301 g/mol. The smallest absolute Gasteiger partial charge is 0.152 e. The third-order valence-electron chi connectivity index (χ3n) is 3.52. The van der Waals surface area contributed by atoms with Crippen molar-refractivity contribution in [1.29, 1.82) is 0 Å². The number of nitrogens with zero attached hydrogens (tertiary/aromatic N) is 3. The Balaban J connectivity index is 1.74. The first-order valence-corrected chi connectivity index (χ1v) is 7.80. The molecule has 110 valence electrons. The van der Waals surface area contributed by atoms with Gasteiger partial charge in [0.2, 0.25) is 0 Å². The Kier molecular flexibility index (Phi) is 3.11. The molecule has 0 amide bonds. The summed E-state index contributed by atoms with van der Waals surface area (Å²) in [5, 5.41) is 9.30. The fraction of sp³-hybridized carbons (Fsp3) is 0.125. The molecule has 0 saturated carbocycles. The molecule has 0 aliphatic heterocycles. The van der Waals surface area contributed by atoms with Crippen molar-refractivity contribution in [1.82, 2.24) is 14.6 Å². The van der Waals surface area contributed by atoms with E-state index in [1.165, 1.54) is 23.9 Å². The van der Waals surface area contributed by atoms with Crippen molar-refractivity contribution in [3.63, 3.8) is 0 Å². The van der Waals surface area contributed by atoms with Crippen molar-refractivity contribution < 1.29 is 8.81 Å². The largest absolute Gasteiger partial charge is 0.463 e. The molecule has 0 aliphatic rings. The van der Waals surface area contributed by atoms with Gasteiger partial charge in [0.25, 0.3) is 0 Å². The average molecular weight is 313 g/mol. The van der Waals surface area contributed by atoms with E-state index in [4.69, 9.17) is 4.42 Å². The molecule has 6 heteroatoms. The molecule has 0 bridgehead atoms. The minimum absolute atomic E-state index is 0.224. The van der Waals surface area contributed by atoms with Gasteiger partial charge in [-0.1, -0.05) is 23.9 Å². The van der Waals surface area contributed by atoms with Gasteiger partial charge in [0.1, 0.15) is 16.7 Å². The standard InChI is InChI=1S/C16H12FN3OS/c1-10-18-19-16(22-9-11-3-2-4-12(17)7-11)14-8-15-13(20(10)14)5-6-21-15/h2-8H,9H2,1H3. The zero-order chi connectivity index (χ0) is 15.1. The molecule has 22 heavy (non-hydrogen) atoms. The fourth-order valence-corrected chi connectivity index (χ4v) is 3.41.